The van der Waals surface area contributed by atoms with Crippen LogP contribution in [0.5, 0.6) is 0 Å². The molecule has 7 heteroatoms. The minimum absolute atomic E-state index is 0.206. The number of rotatable bonds is 3. The summed E-state index contributed by atoms with van der Waals surface area (Å²) in [5.74, 6) is -1.83. The van der Waals surface area contributed by atoms with Crippen molar-refractivity contribution in [1.29, 1.82) is 0 Å². The molecular formula is C8H8F2N4O. The van der Waals surface area contributed by atoms with Crippen LogP contribution < -0.4 is 5.43 Å². The summed E-state index contributed by atoms with van der Waals surface area (Å²) in [5.41, 5.74) is 2.57. The van der Waals surface area contributed by atoms with Crippen molar-refractivity contribution in [1.82, 2.24) is 4.98 Å². The lowest BCUT2D eigenvalue weighted by molar-refractivity contribution is 0.322. The van der Waals surface area contributed by atoms with Crippen LogP contribution in [0.1, 0.15) is 6.92 Å². The van der Waals surface area contributed by atoms with E-state index < -0.39 is 11.6 Å². The van der Waals surface area contributed by atoms with Crippen LogP contribution in [0.2, 0.25) is 0 Å². The van der Waals surface area contributed by atoms with Crippen molar-refractivity contribution in [2.24, 2.45) is 10.3 Å². The fraction of sp³-hybridized carbons (Fsp3) is 0.125. The van der Waals surface area contributed by atoms with Crippen LogP contribution in [0.15, 0.2) is 22.5 Å². The molecule has 0 aliphatic carbocycles. The quantitative estimate of drug-likeness (QED) is 0.456. The fourth-order valence-electron chi connectivity index (χ4n) is 0.750. The molecule has 0 atom stereocenters. The van der Waals surface area contributed by atoms with E-state index in [0.29, 0.717) is 11.8 Å². The molecule has 80 valence electrons. The van der Waals surface area contributed by atoms with E-state index in [2.05, 4.69) is 20.7 Å². The molecular weight excluding hydrogens is 206 g/mol. The van der Waals surface area contributed by atoms with Gasteiger partial charge in [-0.15, -0.1) is 0 Å². The van der Waals surface area contributed by atoms with E-state index in [1.54, 1.807) is 0 Å². The molecule has 0 aliphatic heterocycles. The highest BCUT2D eigenvalue weighted by molar-refractivity contribution is 6.29. The Bertz CT molecular complexity index is 406. The minimum Gasteiger partial charge on any atom is -0.411 e. The second-order valence-electron chi connectivity index (χ2n) is 2.59. The number of hydrazone groups is 1. The summed E-state index contributed by atoms with van der Waals surface area (Å²) >= 11 is 0. The number of halogens is 2. The molecule has 0 fully saturated rings. The van der Waals surface area contributed by atoms with Gasteiger partial charge in [0.2, 0.25) is 0 Å². The summed E-state index contributed by atoms with van der Waals surface area (Å²) in [6, 6.07) is 0.681. The van der Waals surface area contributed by atoms with E-state index in [1.807, 2.05) is 0 Å². The molecule has 0 bridgehead atoms. The molecule has 1 aromatic rings. The van der Waals surface area contributed by atoms with Crippen molar-refractivity contribution in [3.05, 3.63) is 23.9 Å². The van der Waals surface area contributed by atoms with Crippen molar-refractivity contribution >= 4 is 17.7 Å². The van der Waals surface area contributed by atoms with Crippen LogP contribution in [0.3, 0.4) is 0 Å². The molecule has 0 aromatic carbocycles. The summed E-state index contributed by atoms with van der Waals surface area (Å²) in [5, 5.41) is 14.5. The highest BCUT2D eigenvalue weighted by Crippen LogP contribution is 2.10. The number of aromatic nitrogens is 1. The number of pyridine rings is 1. The Morgan fingerprint density at radius 2 is 2.33 bits per heavy atom. The maximum atomic E-state index is 13.0. The molecule has 1 heterocycles. The van der Waals surface area contributed by atoms with Crippen LogP contribution in [-0.4, -0.2) is 22.1 Å². The molecule has 1 rings (SSSR count). The standard InChI is InChI=1S/C8H8F2N4O/c1-5(3-12-15)13-14-8-7(10)2-6(9)4-11-8/h2-4,15H,1H3,(H,11,14). The van der Waals surface area contributed by atoms with Crippen molar-refractivity contribution in [2.45, 2.75) is 6.92 Å². The van der Waals surface area contributed by atoms with Crippen LogP contribution >= 0.6 is 0 Å². The first-order chi connectivity index (χ1) is 7.13. The van der Waals surface area contributed by atoms with Crippen molar-refractivity contribution in [2.75, 3.05) is 5.43 Å². The maximum Gasteiger partial charge on any atom is 0.182 e. The van der Waals surface area contributed by atoms with Gasteiger partial charge in [-0.3, -0.25) is 5.43 Å². The SMILES string of the molecule is CC(C=NO)=NNc1ncc(F)cc1F. The third-order valence-corrected chi connectivity index (χ3v) is 1.39. The molecule has 1 aromatic heterocycles. The van der Waals surface area contributed by atoms with Gasteiger partial charge in [-0.1, -0.05) is 5.16 Å². The minimum atomic E-state index is -0.854. The number of nitrogens with one attached hydrogen (secondary N) is 1. The molecule has 2 N–H and O–H groups in total. The number of hydrogen-bond donors (Lipinski definition) is 2. The van der Waals surface area contributed by atoms with E-state index in [0.717, 1.165) is 12.4 Å². The molecule has 0 amide bonds. The van der Waals surface area contributed by atoms with E-state index in [1.165, 1.54) is 6.92 Å². The van der Waals surface area contributed by atoms with E-state index >= 15 is 0 Å². The van der Waals surface area contributed by atoms with E-state index in [9.17, 15) is 8.78 Å². The van der Waals surface area contributed by atoms with Gasteiger partial charge in [0.05, 0.1) is 18.1 Å². The first kappa shape index (κ1) is 11.0. The second kappa shape index (κ2) is 4.99. The molecule has 0 saturated carbocycles. The van der Waals surface area contributed by atoms with Gasteiger partial charge in [0, 0.05) is 6.07 Å². The molecule has 0 unspecified atom stereocenters. The summed E-state index contributed by atoms with van der Waals surface area (Å²) in [7, 11) is 0. The first-order valence-corrected chi connectivity index (χ1v) is 3.92. The summed E-state index contributed by atoms with van der Waals surface area (Å²) in [4.78, 5) is 3.43. The predicted octanol–water partition coefficient (Wildman–Crippen LogP) is 1.61. The molecule has 0 saturated heterocycles. The average Bonchev–Trinajstić information content (AvgIpc) is 2.17. The zero-order valence-corrected chi connectivity index (χ0v) is 7.78. The van der Waals surface area contributed by atoms with Crippen LogP contribution in [0, 0.1) is 11.6 Å². The maximum absolute atomic E-state index is 13.0. The molecule has 0 radical (unpaired) electrons. The van der Waals surface area contributed by atoms with E-state index in [4.69, 9.17) is 5.21 Å². The molecule has 15 heavy (non-hydrogen) atoms. The van der Waals surface area contributed by atoms with Gasteiger partial charge in [-0.2, -0.15) is 5.10 Å². The Morgan fingerprint density at radius 1 is 1.60 bits per heavy atom. The summed E-state index contributed by atoms with van der Waals surface area (Å²) < 4.78 is 25.4. The summed E-state index contributed by atoms with van der Waals surface area (Å²) in [6.07, 6.45) is 1.91. The van der Waals surface area contributed by atoms with Crippen molar-refractivity contribution in [3.63, 3.8) is 0 Å². The Morgan fingerprint density at radius 3 is 2.93 bits per heavy atom. The topological polar surface area (TPSA) is 69.9 Å². The summed E-state index contributed by atoms with van der Waals surface area (Å²) in [6.45, 7) is 1.52. The van der Waals surface area contributed by atoms with Crippen LogP contribution in [0.25, 0.3) is 0 Å². The Hall–Kier alpha value is -2.05. The number of oxime groups is 1. The number of nitrogens with zero attached hydrogens (tertiary/aromatic N) is 3. The lowest BCUT2D eigenvalue weighted by Crippen LogP contribution is -2.02. The van der Waals surface area contributed by atoms with E-state index in [-0.39, 0.29) is 5.82 Å². The highest BCUT2D eigenvalue weighted by atomic mass is 19.1. The zero-order valence-electron chi connectivity index (χ0n) is 7.78. The van der Waals surface area contributed by atoms with Gasteiger partial charge in [0.15, 0.2) is 11.6 Å². The number of anilines is 1. The zero-order chi connectivity index (χ0) is 11.3. The van der Waals surface area contributed by atoms with Gasteiger partial charge >= 0.3 is 0 Å². The first-order valence-electron chi connectivity index (χ1n) is 3.92. The molecule has 0 spiro atoms. The van der Waals surface area contributed by atoms with Gasteiger partial charge in [-0.05, 0) is 6.92 Å². The van der Waals surface area contributed by atoms with Crippen LogP contribution in [-0.2, 0) is 0 Å². The predicted molar refractivity (Wildman–Crippen MR) is 51.2 cm³/mol. The third kappa shape index (κ3) is 3.29. The number of hydrogen-bond acceptors (Lipinski definition) is 5. The van der Waals surface area contributed by atoms with Gasteiger partial charge in [0.1, 0.15) is 5.82 Å². The monoisotopic (exact) mass is 214 g/mol. The Balaban J connectivity index is 2.77. The molecule has 0 aliphatic rings. The van der Waals surface area contributed by atoms with Gasteiger partial charge in [0.25, 0.3) is 0 Å². The van der Waals surface area contributed by atoms with Gasteiger partial charge in [-0.25, -0.2) is 13.8 Å². The normalized spacial score (nSPS) is 12.1. The van der Waals surface area contributed by atoms with Gasteiger partial charge < -0.3 is 5.21 Å². The van der Waals surface area contributed by atoms with Crippen LogP contribution in [0.4, 0.5) is 14.6 Å². The fourth-order valence-corrected chi connectivity index (χ4v) is 0.750. The Labute approximate surface area is 84.1 Å². The second-order valence-corrected chi connectivity index (χ2v) is 2.59. The smallest absolute Gasteiger partial charge is 0.182 e. The molecule has 5 nitrogen and oxygen atoms in total. The Kier molecular flexibility index (Phi) is 3.67. The lowest BCUT2D eigenvalue weighted by atomic mass is 10.4. The lowest BCUT2D eigenvalue weighted by Gasteiger charge is -2.00. The van der Waals surface area contributed by atoms with Crippen molar-refractivity contribution < 1.29 is 14.0 Å². The third-order valence-electron chi connectivity index (χ3n) is 1.39. The van der Waals surface area contributed by atoms with Crippen molar-refractivity contribution in [3.8, 4) is 0 Å². The average molecular weight is 214 g/mol. The largest absolute Gasteiger partial charge is 0.411 e. The highest BCUT2D eigenvalue weighted by Gasteiger charge is 2.03.